The number of hydrogen-bond donors (Lipinski definition) is 3. The van der Waals surface area contributed by atoms with Crippen molar-refractivity contribution in [2.24, 2.45) is 0 Å². The zero-order valence-electron chi connectivity index (χ0n) is 49.1. The molecule has 0 aromatic heterocycles. The van der Waals surface area contributed by atoms with Crippen LogP contribution in [-0.4, -0.2) is 73.4 Å². The fourth-order valence-electron chi connectivity index (χ4n) is 8.77. The lowest BCUT2D eigenvalue weighted by Crippen LogP contribution is -2.45. The molecule has 0 saturated heterocycles. The number of likely N-dealkylation sites (N-methyl/N-ethyl adjacent to an activating group) is 1. The van der Waals surface area contributed by atoms with Gasteiger partial charge in [-0.2, -0.15) is 0 Å². The first-order valence-corrected chi connectivity index (χ1v) is 32.5. The van der Waals surface area contributed by atoms with Crippen LogP contribution in [0, 0.1) is 0 Å². The second-order valence-electron chi connectivity index (χ2n) is 22.0. The summed E-state index contributed by atoms with van der Waals surface area (Å²) in [6, 6.07) is -0.878. The number of nitrogens with zero attached hydrogens (tertiary/aromatic N) is 1. The molecule has 8 nitrogen and oxygen atoms in total. The van der Waals surface area contributed by atoms with E-state index in [2.05, 4.69) is 92.1 Å². The van der Waals surface area contributed by atoms with Crippen LogP contribution < -0.4 is 5.32 Å². The largest absolute Gasteiger partial charge is 0.472 e. The zero-order valence-corrected chi connectivity index (χ0v) is 50.0. The number of rotatable bonds is 56. The van der Waals surface area contributed by atoms with Gasteiger partial charge in [0.25, 0.3) is 0 Å². The van der Waals surface area contributed by atoms with E-state index in [0.29, 0.717) is 17.4 Å². The molecule has 1 amide bonds. The maximum atomic E-state index is 13.0. The van der Waals surface area contributed by atoms with Crippen LogP contribution in [0.1, 0.15) is 271 Å². The zero-order chi connectivity index (χ0) is 54.2. The van der Waals surface area contributed by atoms with E-state index >= 15 is 0 Å². The Labute approximate surface area is 458 Å². The van der Waals surface area contributed by atoms with Crippen molar-refractivity contribution >= 4 is 13.7 Å². The molecule has 9 heteroatoms. The predicted octanol–water partition coefficient (Wildman–Crippen LogP) is 19.2. The number of unbranched alkanes of at least 4 members (excludes halogenated alkanes) is 31. The third-order valence-electron chi connectivity index (χ3n) is 13.6. The van der Waals surface area contributed by atoms with Gasteiger partial charge in [-0.25, -0.2) is 4.57 Å². The molecule has 0 spiro atoms. The van der Waals surface area contributed by atoms with E-state index in [1.165, 1.54) is 180 Å². The van der Waals surface area contributed by atoms with E-state index in [1.807, 2.05) is 27.2 Å². The van der Waals surface area contributed by atoms with Crippen LogP contribution in [0.15, 0.2) is 85.1 Å². The van der Waals surface area contributed by atoms with Crippen LogP contribution in [-0.2, 0) is 18.4 Å². The third kappa shape index (κ3) is 57.4. The van der Waals surface area contributed by atoms with Crippen LogP contribution in [0.25, 0.3) is 0 Å². The summed E-state index contributed by atoms with van der Waals surface area (Å²) >= 11 is 0. The third-order valence-corrected chi connectivity index (χ3v) is 14.6. The SMILES string of the molecule is CC/C=C\C/C=C\C/C=C\C/C=C\CCCCCCCCCCCCC(=O)NC(COP(=O)(O)OCC[N+](C)(C)C)C(O)/C=C/CC/C=C/CC/C=C/CCCCCCCCCCCCCCCCCCCCC. The number of aliphatic hydroxyl groups excluding tert-OH is 1. The Kier molecular flexibility index (Phi) is 53.7. The van der Waals surface area contributed by atoms with E-state index in [1.54, 1.807) is 6.08 Å². The van der Waals surface area contributed by atoms with Crippen molar-refractivity contribution in [3.63, 3.8) is 0 Å². The maximum absolute atomic E-state index is 13.0. The summed E-state index contributed by atoms with van der Waals surface area (Å²) in [6.07, 6.45) is 78.5. The molecular formula is C65H120N2O6P+. The Bertz CT molecular complexity index is 1480. The minimum absolute atomic E-state index is 0.0491. The Morgan fingerprint density at radius 3 is 1.24 bits per heavy atom. The maximum Gasteiger partial charge on any atom is 0.472 e. The number of amides is 1. The van der Waals surface area contributed by atoms with E-state index in [0.717, 1.165) is 70.6 Å². The number of allylic oxidation sites excluding steroid dienone is 13. The first-order chi connectivity index (χ1) is 36.0. The van der Waals surface area contributed by atoms with E-state index in [9.17, 15) is 19.4 Å². The van der Waals surface area contributed by atoms with Crippen LogP contribution >= 0.6 is 7.82 Å². The number of phosphoric ester groups is 1. The van der Waals surface area contributed by atoms with Crippen molar-refractivity contribution < 1.29 is 32.9 Å². The van der Waals surface area contributed by atoms with E-state index in [-0.39, 0.29) is 19.1 Å². The fraction of sp³-hybridized carbons (Fsp3) is 0.769. The minimum Gasteiger partial charge on any atom is -0.387 e. The highest BCUT2D eigenvalue weighted by Gasteiger charge is 2.27. The lowest BCUT2D eigenvalue weighted by atomic mass is 10.0. The lowest BCUT2D eigenvalue weighted by Gasteiger charge is -2.25. The van der Waals surface area contributed by atoms with Crippen molar-refractivity contribution in [1.29, 1.82) is 0 Å². The summed E-state index contributed by atoms with van der Waals surface area (Å²) in [6.45, 7) is 4.69. The highest BCUT2D eigenvalue weighted by molar-refractivity contribution is 7.47. The van der Waals surface area contributed by atoms with Crippen molar-refractivity contribution in [1.82, 2.24) is 5.32 Å². The van der Waals surface area contributed by atoms with Crippen LogP contribution in [0.2, 0.25) is 0 Å². The summed E-state index contributed by atoms with van der Waals surface area (Å²) in [5.41, 5.74) is 0. The molecule has 0 bridgehead atoms. The molecule has 0 aromatic rings. The van der Waals surface area contributed by atoms with Crippen molar-refractivity contribution in [2.75, 3.05) is 40.9 Å². The van der Waals surface area contributed by atoms with Crippen molar-refractivity contribution in [3.8, 4) is 0 Å². The molecule has 0 saturated carbocycles. The lowest BCUT2D eigenvalue weighted by molar-refractivity contribution is -0.870. The van der Waals surface area contributed by atoms with Gasteiger partial charge in [0.2, 0.25) is 5.91 Å². The van der Waals surface area contributed by atoms with Gasteiger partial charge >= 0.3 is 7.82 Å². The molecular weight excluding hydrogens is 936 g/mol. The molecule has 3 N–H and O–H groups in total. The van der Waals surface area contributed by atoms with Gasteiger partial charge in [-0.05, 0) is 83.5 Å². The molecule has 3 unspecified atom stereocenters. The molecule has 0 fully saturated rings. The monoisotopic (exact) mass is 1060 g/mol. The van der Waals surface area contributed by atoms with Gasteiger partial charge in [0.15, 0.2) is 0 Å². The van der Waals surface area contributed by atoms with Crippen molar-refractivity contribution in [3.05, 3.63) is 85.1 Å². The number of phosphoric acid groups is 1. The van der Waals surface area contributed by atoms with Gasteiger partial charge in [0.05, 0.1) is 39.9 Å². The quantitative estimate of drug-likeness (QED) is 0.0243. The number of aliphatic hydroxyl groups is 1. The average Bonchev–Trinajstić information content (AvgIpc) is 3.36. The Balaban J connectivity index is 4.24. The standard InChI is InChI=1S/C65H119N2O6P/c1-6-8-10-12-14-16-18-20-22-24-26-28-30-31-32-33-34-35-37-38-40-42-44-46-48-50-52-54-56-58-64(68)63(62-73-74(70,71)72-61-60-67(3,4)5)66-65(69)59-57-55-53-51-49-47-45-43-41-39-36-29-27-25-23-21-19-17-15-13-11-9-7-2/h9,11,15,17,21,23,27,29,40,42,48,50,56,58,63-64,68H,6-8,10,12-14,16,18-20,22,24-26,28,30-39,41,43-47,49,51-55,57,59-62H2,1-5H3,(H-,66,69,70,71)/p+1/b11-9-,17-15-,23-21-,29-27-,42-40+,50-48+,58-56+. The van der Waals surface area contributed by atoms with Crippen molar-refractivity contribution in [2.45, 2.75) is 283 Å². The van der Waals surface area contributed by atoms with Gasteiger partial charge in [0.1, 0.15) is 13.2 Å². The molecule has 430 valence electrons. The summed E-state index contributed by atoms with van der Waals surface area (Å²) < 4.78 is 23.7. The first kappa shape index (κ1) is 71.7. The molecule has 0 aliphatic carbocycles. The Morgan fingerprint density at radius 1 is 0.473 bits per heavy atom. The highest BCUT2D eigenvalue weighted by Crippen LogP contribution is 2.43. The number of nitrogens with one attached hydrogen (secondary N) is 1. The van der Waals surface area contributed by atoms with Gasteiger partial charge in [-0.1, -0.05) is 266 Å². The molecule has 0 rings (SSSR count). The predicted molar refractivity (Wildman–Crippen MR) is 323 cm³/mol. The van der Waals surface area contributed by atoms with Gasteiger partial charge in [0, 0.05) is 6.42 Å². The second-order valence-corrected chi connectivity index (χ2v) is 23.5. The molecule has 0 heterocycles. The van der Waals surface area contributed by atoms with Gasteiger partial charge < -0.3 is 19.8 Å². The van der Waals surface area contributed by atoms with Crippen LogP contribution in [0.3, 0.4) is 0 Å². The highest BCUT2D eigenvalue weighted by atomic mass is 31.2. The van der Waals surface area contributed by atoms with Gasteiger partial charge in [-0.3, -0.25) is 13.8 Å². The van der Waals surface area contributed by atoms with Gasteiger partial charge in [-0.15, -0.1) is 0 Å². The number of quaternary nitrogens is 1. The summed E-state index contributed by atoms with van der Waals surface area (Å²) in [5.74, 6) is -0.197. The number of hydrogen-bond acceptors (Lipinski definition) is 5. The number of carbonyl (C=O) groups excluding carboxylic acids is 1. The molecule has 0 aromatic carbocycles. The van der Waals surface area contributed by atoms with Crippen LogP contribution in [0.4, 0.5) is 0 Å². The summed E-state index contributed by atoms with van der Waals surface area (Å²) in [7, 11) is 1.54. The van der Waals surface area contributed by atoms with E-state index in [4.69, 9.17) is 9.05 Å². The Morgan fingerprint density at radius 2 is 0.824 bits per heavy atom. The topological polar surface area (TPSA) is 105 Å². The number of carbonyl (C=O) groups is 1. The smallest absolute Gasteiger partial charge is 0.387 e. The second kappa shape index (κ2) is 55.4. The molecule has 0 aliphatic heterocycles. The average molecular weight is 1060 g/mol. The fourth-order valence-corrected chi connectivity index (χ4v) is 9.51. The molecule has 74 heavy (non-hydrogen) atoms. The molecule has 3 atom stereocenters. The van der Waals surface area contributed by atoms with Crippen LogP contribution in [0.5, 0.6) is 0 Å². The summed E-state index contributed by atoms with van der Waals surface area (Å²) in [5, 5.41) is 13.9. The first-order valence-electron chi connectivity index (χ1n) is 31.0. The minimum atomic E-state index is -4.37. The summed E-state index contributed by atoms with van der Waals surface area (Å²) in [4.78, 5) is 23.3. The molecule has 0 radical (unpaired) electrons. The Hall–Kier alpha value is -2.32. The van der Waals surface area contributed by atoms with E-state index < -0.39 is 20.0 Å². The molecule has 0 aliphatic rings. The normalized spacial score (nSPS) is 14.4.